The fourth-order valence-corrected chi connectivity index (χ4v) is 1.56. The lowest BCUT2D eigenvalue weighted by Gasteiger charge is -2.08. The van der Waals surface area contributed by atoms with Gasteiger partial charge in [0.25, 0.3) is 0 Å². The van der Waals surface area contributed by atoms with Crippen LogP contribution in [-0.2, 0) is 13.0 Å². The van der Waals surface area contributed by atoms with Crippen molar-refractivity contribution in [3.63, 3.8) is 0 Å². The third-order valence-corrected chi connectivity index (χ3v) is 2.50. The molecule has 0 aliphatic carbocycles. The molecule has 4 N–H and O–H groups in total. The minimum absolute atomic E-state index is 0.260. The van der Waals surface area contributed by atoms with Crippen molar-refractivity contribution >= 4 is 5.84 Å². The van der Waals surface area contributed by atoms with Gasteiger partial charge in [0, 0.05) is 19.5 Å². The molecule has 16 heavy (non-hydrogen) atoms. The lowest BCUT2D eigenvalue weighted by molar-refractivity contribution is 0.316. The second kappa shape index (κ2) is 6.85. The Morgan fingerprint density at radius 1 is 1.38 bits per heavy atom. The summed E-state index contributed by atoms with van der Waals surface area (Å²) < 4.78 is 0. The quantitative estimate of drug-likeness (QED) is 0.224. The maximum atomic E-state index is 8.37. The molecule has 0 unspecified atom stereocenters. The Labute approximate surface area is 96.2 Å². The molecule has 0 heterocycles. The first-order valence-corrected chi connectivity index (χ1v) is 5.51. The molecule has 0 saturated heterocycles. The van der Waals surface area contributed by atoms with E-state index in [1.54, 1.807) is 0 Å². The number of aryl methyl sites for hydroxylation is 1. The van der Waals surface area contributed by atoms with Crippen LogP contribution in [0.2, 0.25) is 0 Å². The third-order valence-electron chi connectivity index (χ3n) is 2.50. The highest BCUT2D eigenvalue weighted by Crippen LogP contribution is 2.08. The first-order valence-electron chi connectivity index (χ1n) is 5.51. The SMILES string of the molecule is CCc1ccccc1CNCCC(N)=NO. The van der Waals surface area contributed by atoms with E-state index in [9.17, 15) is 0 Å². The Bertz CT molecular complexity index is 350. The molecule has 0 spiro atoms. The van der Waals surface area contributed by atoms with Gasteiger partial charge in [-0.15, -0.1) is 0 Å². The van der Waals surface area contributed by atoms with Gasteiger partial charge in [-0.2, -0.15) is 0 Å². The van der Waals surface area contributed by atoms with Crippen molar-refractivity contribution in [2.24, 2.45) is 10.9 Å². The molecule has 0 aliphatic rings. The minimum Gasteiger partial charge on any atom is -0.409 e. The monoisotopic (exact) mass is 221 g/mol. The Morgan fingerprint density at radius 2 is 2.06 bits per heavy atom. The van der Waals surface area contributed by atoms with E-state index in [0.717, 1.165) is 13.0 Å². The molecule has 0 fully saturated rings. The molecule has 4 nitrogen and oxygen atoms in total. The van der Waals surface area contributed by atoms with E-state index < -0.39 is 0 Å². The molecule has 0 radical (unpaired) electrons. The molecular weight excluding hydrogens is 202 g/mol. The zero-order valence-electron chi connectivity index (χ0n) is 9.61. The summed E-state index contributed by atoms with van der Waals surface area (Å²) in [5, 5.41) is 14.6. The summed E-state index contributed by atoms with van der Waals surface area (Å²) >= 11 is 0. The van der Waals surface area contributed by atoms with E-state index in [0.29, 0.717) is 13.0 Å². The van der Waals surface area contributed by atoms with Gasteiger partial charge in [0.1, 0.15) is 5.84 Å². The summed E-state index contributed by atoms with van der Waals surface area (Å²) in [6, 6.07) is 8.36. The Kier molecular flexibility index (Phi) is 5.36. The van der Waals surface area contributed by atoms with Crippen LogP contribution in [0.15, 0.2) is 29.4 Å². The predicted octanol–water partition coefficient (Wildman–Crippen LogP) is 1.48. The Morgan fingerprint density at radius 3 is 2.69 bits per heavy atom. The molecule has 0 aliphatic heterocycles. The van der Waals surface area contributed by atoms with Crippen LogP contribution < -0.4 is 11.1 Å². The molecule has 0 saturated carbocycles. The van der Waals surface area contributed by atoms with E-state index in [4.69, 9.17) is 10.9 Å². The van der Waals surface area contributed by atoms with Crippen molar-refractivity contribution < 1.29 is 5.21 Å². The first-order chi connectivity index (χ1) is 7.77. The van der Waals surface area contributed by atoms with Crippen molar-refractivity contribution in [2.45, 2.75) is 26.3 Å². The second-order valence-corrected chi connectivity index (χ2v) is 3.64. The lowest BCUT2D eigenvalue weighted by atomic mass is 10.1. The molecule has 88 valence electrons. The van der Waals surface area contributed by atoms with Gasteiger partial charge in [-0.3, -0.25) is 0 Å². The lowest BCUT2D eigenvalue weighted by Crippen LogP contribution is -2.22. The number of rotatable bonds is 6. The molecule has 1 aromatic carbocycles. The molecule has 0 atom stereocenters. The minimum atomic E-state index is 0.260. The molecule has 1 rings (SSSR count). The first kappa shape index (κ1) is 12.5. The van der Waals surface area contributed by atoms with Gasteiger partial charge in [-0.25, -0.2) is 0 Å². The van der Waals surface area contributed by atoms with Gasteiger partial charge in [-0.05, 0) is 17.5 Å². The molecule has 1 aromatic rings. The maximum absolute atomic E-state index is 8.37. The predicted molar refractivity (Wildman–Crippen MR) is 65.6 cm³/mol. The molecule has 0 aromatic heterocycles. The second-order valence-electron chi connectivity index (χ2n) is 3.64. The van der Waals surface area contributed by atoms with Crippen molar-refractivity contribution in [1.82, 2.24) is 5.32 Å². The van der Waals surface area contributed by atoms with Crippen LogP contribution in [0.4, 0.5) is 0 Å². The third kappa shape index (κ3) is 3.90. The summed E-state index contributed by atoms with van der Waals surface area (Å²) in [6.07, 6.45) is 1.60. The summed E-state index contributed by atoms with van der Waals surface area (Å²) in [5.74, 6) is 0.260. The maximum Gasteiger partial charge on any atom is 0.140 e. The number of nitrogens with two attached hydrogens (primary N) is 1. The van der Waals surface area contributed by atoms with E-state index in [2.05, 4.69) is 35.6 Å². The van der Waals surface area contributed by atoms with Crippen LogP contribution in [0, 0.1) is 0 Å². The highest BCUT2D eigenvalue weighted by atomic mass is 16.4. The fourth-order valence-electron chi connectivity index (χ4n) is 1.56. The van der Waals surface area contributed by atoms with Gasteiger partial charge in [0.05, 0.1) is 0 Å². The average Bonchev–Trinajstić information content (AvgIpc) is 2.34. The molecule has 0 bridgehead atoms. The largest absolute Gasteiger partial charge is 0.409 e. The summed E-state index contributed by atoms with van der Waals surface area (Å²) in [6.45, 7) is 3.69. The number of oxime groups is 1. The summed E-state index contributed by atoms with van der Waals surface area (Å²) in [7, 11) is 0. The van der Waals surface area contributed by atoms with Crippen LogP contribution in [0.3, 0.4) is 0 Å². The summed E-state index contributed by atoms with van der Waals surface area (Å²) in [4.78, 5) is 0. The Balaban J connectivity index is 2.37. The molecule has 0 amide bonds. The van der Waals surface area contributed by atoms with Crippen LogP contribution in [0.5, 0.6) is 0 Å². The number of amidine groups is 1. The number of nitrogens with zero attached hydrogens (tertiary/aromatic N) is 1. The van der Waals surface area contributed by atoms with Crippen molar-refractivity contribution in [3.05, 3.63) is 35.4 Å². The van der Waals surface area contributed by atoms with E-state index in [1.165, 1.54) is 11.1 Å². The van der Waals surface area contributed by atoms with Gasteiger partial charge < -0.3 is 16.3 Å². The number of nitrogens with one attached hydrogen (secondary N) is 1. The van der Waals surface area contributed by atoms with Crippen molar-refractivity contribution in [2.75, 3.05) is 6.54 Å². The van der Waals surface area contributed by atoms with E-state index >= 15 is 0 Å². The highest BCUT2D eigenvalue weighted by molar-refractivity contribution is 5.79. The number of hydrogen-bond acceptors (Lipinski definition) is 3. The van der Waals surface area contributed by atoms with Crippen molar-refractivity contribution in [1.29, 1.82) is 0 Å². The normalized spacial score (nSPS) is 11.7. The standard InChI is InChI=1S/C12H19N3O/c1-2-10-5-3-4-6-11(10)9-14-8-7-12(13)15-16/h3-6,14,16H,2,7-9H2,1H3,(H2,13,15). The highest BCUT2D eigenvalue weighted by Gasteiger charge is 1.99. The average molecular weight is 221 g/mol. The zero-order valence-corrected chi connectivity index (χ0v) is 9.61. The van der Waals surface area contributed by atoms with Gasteiger partial charge in [0.2, 0.25) is 0 Å². The fraction of sp³-hybridized carbons (Fsp3) is 0.417. The van der Waals surface area contributed by atoms with Gasteiger partial charge >= 0.3 is 0 Å². The van der Waals surface area contributed by atoms with Crippen molar-refractivity contribution in [3.8, 4) is 0 Å². The molecule has 4 heteroatoms. The van der Waals surface area contributed by atoms with Crippen LogP contribution in [0.25, 0.3) is 0 Å². The van der Waals surface area contributed by atoms with E-state index in [1.807, 2.05) is 6.07 Å². The van der Waals surface area contributed by atoms with Crippen LogP contribution in [0.1, 0.15) is 24.5 Å². The Hall–Kier alpha value is -1.55. The summed E-state index contributed by atoms with van der Waals surface area (Å²) in [5.41, 5.74) is 8.04. The molecular formula is C12H19N3O. The van der Waals surface area contributed by atoms with Gasteiger partial charge in [0.15, 0.2) is 0 Å². The van der Waals surface area contributed by atoms with Crippen LogP contribution >= 0.6 is 0 Å². The zero-order chi connectivity index (χ0) is 11.8. The smallest absolute Gasteiger partial charge is 0.140 e. The van der Waals surface area contributed by atoms with Gasteiger partial charge in [-0.1, -0.05) is 36.3 Å². The number of benzene rings is 1. The van der Waals surface area contributed by atoms with E-state index in [-0.39, 0.29) is 5.84 Å². The van der Waals surface area contributed by atoms with Crippen LogP contribution in [-0.4, -0.2) is 17.6 Å². The topological polar surface area (TPSA) is 70.6 Å². The number of hydrogen-bond donors (Lipinski definition) is 3.